The second-order valence-electron chi connectivity index (χ2n) is 6.48. The van der Waals surface area contributed by atoms with E-state index in [0.717, 1.165) is 25.7 Å². The van der Waals surface area contributed by atoms with Gasteiger partial charge in [-0.05, 0) is 26.2 Å². The minimum Gasteiger partial charge on any atom is -0.463 e. The van der Waals surface area contributed by atoms with Gasteiger partial charge in [-0.3, -0.25) is 9.59 Å². The maximum absolute atomic E-state index is 11.6. The monoisotopic (exact) mass is 371 g/mol. The Balaban J connectivity index is 3.58. The molecule has 150 valence electrons. The Kier molecular flexibility index (Phi) is 13.3. The first-order valence-corrected chi connectivity index (χ1v) is 9.21. The topological polar surface area (TPSA) is 102 Å². The lowest BCUT2D eigenvalue weighted by atomic mass is 10.1. The molecule has 0 aromatic carbocycles. The molecule has 2 atom stereocenters. The zero-order chi connectivity index (χ0) is 19.9. The van der Waals surface area contributed by atoms with E-state index in [9.17, 15) is 19.5 Å². The Morgan fingerprint density at radius 3 is 2.31 bits per heavy atom. The number of amides is 1. The van der Waals surface area contributed by atoms with Crippen LogP contribution >= 0.6 is 0 Å². The van der Waals surface area contributed by atoms with Gasteiger partial charge in [-0.2, -0.15) is 0 Å². The summed E-state index contributed by atoms with van der Waals surface area (Å²) < 4.78 is 9.70. The van der Waals surface area contributed by atoms with Gasteiger partial charge in [-0.25, -0.2) is 4.79 Å². The van der Waals surface area contributed by atoms with Crippen LogP contribution in [-0.4, -0.2) is 48.8 Å². The molecule has 0 aromatic heterocycles. The van der Waals surface area contributed by atoms with Gasteiger partial charge >= 0.3 is 11.9 Å². The summed E-state index contributed by atoms with van der Waals surface area (Å²) >= 11 is 0. The molecule has 0 radical (unpaired) electrons. The fraction of sp³-hybridized carbons (Fsp3) is 0.737. The van der Waals surface area contributed by atoms with Gasteiger partial charge in [0.15, 0.2) is 0 Å². The van der Waals surface area contributed by atoms with E-state index in [0.29, 0.717) is 13.0 Å². The van der Waals surface area contributed by atoms with Gasteiger partial charge in [0.2, 0.25) is 5.91 Å². The maximum atomic E-state index is 11.6. The minimum atomic E-state index is -1.05. The Labute approximate surface area is 156 Å². The van der Waals surface area contributed by atoms with Gasteiger partial charge in [-0.1, -0.05) is 33.3 Å². The molecule has 2 N–H and O–H groups in total. The molecule has 0 heterocycles. The summed E-state index contributed by atoms with van der Waals surface area (Å²) in [6, 6.07) is 0. The summed E-state index contributed by atoms with van der Waals surface area (Å²) in [5.74, 6) is -0.843. The zero-order valence-electron chi connectivity index (χ0n) is 16.2. The number of unbranched alkanes of at least 4 members (excludes halogenated alkanes) is 3. The molecule has 0 rings (SSSR count). The molecular weight excluding hydrogens is 338 g/mol. The lowest BCUT2D eigenvalue weighted by molar-refractivity contribution is -0.150. The third-order valence-corrected chi connectivity index (χ3v) is 3.86. The van der Waals surface area contributed by atoms with E-state index in [1.54, 1.807) is 0 Å². The standard InChI is InChI=1S/C19H33NO6/c1-5-15(4)18(23)20-11-9-7-6-8-10-17(22)25-12-16(21)13-26-19(24)14(2)3/h15-16,21H,2,5-13H2,1,3-4H3,(H,20,23). The summed E-state index contributed by atoms with van der Waals surface area (Å²) in [5.41, 5.74) is 0.244. The molecule has 0 saturated heterocycles. The van der Waals surface area contributed by atoms with E-state index in [1.807, 2.05) is 13.8 Å². The van der Waals surface area contributed by atoms with E-state index in [2.05, 4.69) is 11.9 Å². The molecule has 2 unspecified atom stereocenters. The van der Waals surface area contributed by atoms with Crippen molar-refractivity contribution < 1.29 is 29.0 Å². The highest BCUT2D eigenvalue weighted by molar-refractivity contribution is 5.86. The fourth-order valence-corrected chi connectivity index (χ4v) is 1.92. The molecule has 0 spiro atoms. The Bertz CT molecular complexity index is 463. The minimum absolute atomic E-state index is 0.0458. The van der Waals surface area contributed by atoms with Crippen LogP contribution in [0, 0.1) is 5.92 Å². The van der Waals surface area contributed by atoms with Crippen LogP contribution in [0.3, 0.4) is 0 Å². The molecule has 0 aliphatic carbocycles. The van der Waals surface area contributed by atoms with Crippen molar-refractivity contribution in [3.05, 3.63) is 12.2 Å². The van der Waals surface area contributed by atoms with Crippen LogP contribution in [0.2, 0.25) is 0 Å². The third kappa shape index (κ3) is 12.5. The van der Waals surface area contributed by atoms with Crippen molar-refractivity contribution in [2.24, 2.45) is 5.92 Å². The number of rotatable bonds is 14. The molecule has 0 aromatic rings. The highest BCUT2D eigenvalue weighted by atomic mass is 16.6. The number of carbonyl (C=O) groups is 3. The van der Waals surface area contributed by atoms with Crippen molar-refractivity contribution in [1.82, 2.24) is 5.32 Å². The van der Waals surface area contributed by atoms with Crippen LogP contribution in [-0.2, 0) is 23.9 Å². The predicted octanol–water partition coefficient (Wildman–Crippen LogP) is 2.12. The van der Waals surface area contributed by atoms with E-state index < -0.39 is 12.1 Å². The number of esters is 2. The second kappa shape index (κ2) is 14.3. The largest absolute Gasteiger partial charge is 0.463 e. The highest BCUT2D eigenvalue weighted by Gasteiger charge is 2.12. The molecular formula is C19H33NO6. The first-order chi connectivity index (χ1) is 12.3. The average molecular weight is 371 g/mol. The summed E-state index contributed by atoms with van der Waals surface area (Å²) in [5, 5.41) is 12.5. The van der Waals surface area contributed by atoms with Crippen LogP contribution in [0.1, 0.15) is 59.3 Å². The molecule has 0 fully saturated rings. The SMILES string of the molecule is C=C(C)C(=O)OCC(O)COC(=O)CCCCCCNC(=O)C(C)CC. The van der Waals surface area contributed by atoms with Crippen molar-refractivity contribution in [2.75, 3.05) is 19.8 Å². The number of hydrogen-bond donors (Lipinski definition) is 2. The smallest absolute Gasteiger partial charge is 0.333 e. The van der Waals surface area contributed by atoms with Gasteiger partial charge in [0.1, 0.15) is 19.3 Å². The molecule has 0 saturated carbocycles. The van der Waals surface area contributed by atoms with Crippen LogP contribution in [0.5, 0.6) is 0 Å². The second-order valence-corrected chi connectivity index (χ2v) is 6.48. The van der Waals surface area contributed by atoms with Crippen molar-refractivity contribution in [3.63, 3.8) is 0 Å². The van der Waals surface area contributed by atoms with E-state index >= 15 is 0 Å². The van der Waals surface area contributed by atoms with E-state index in [-0.39, 0.29) is 43.0 Å². The number of carbonyl (C=O) groups excluding carboxylic acids is 3. The summed E-state index contributed by atoms with van der Waals surface area (Å²) in [4.78, 5) is 34.3. The maximum Gasteiger partial charge on any atom is 0.333 e. The van der Waals surface area contributed by atoms with Crippen molar-refractivity contribution in [3.8, 4) is 0 Å². The molecule has 1 amide bonds. The van der Waals surface area contributed by atoms with Gasteiger partial charge in [0.05, 0.1) is 0 Å². The van der Waals surface area contributed by atoms with Crippen molar-refractivity contribution in [2.45, 2.75) is 65.4 Å². The first kappa shape index (κ1) is 24.1. The van der Waals surface area contributed by atoms with Crippen molar-refractivity contribution >= 4 is 17.8 Å². The number of aliphatic hydroxyl groups excluding tert-OH is 1. The fourth-order valence-electron chi connectivity index (χ4n) is 1.92. The zero-order valence-corrected chi connectivity index (χ0v) is 16.2. The Hall–Kier alpha value is -1.89. The average Bonchev–Trinajstić information content (AvgIpc) is 2.62. The molecule has 26 heavy (non-hydrogen) atoms. The quantitative estimate of drug-likeness (QED) is 0.275. The first-order valence-electron chi connectivity index (χ1n) is 9.21. The Morgan fingerprint density at radius 1 is 1.08 bits per heavy atom. The van der Waals surface area contributed by atoms with Crippen LogP contribution in [0.4, 0.5) is 0 Å². The Morgan fingerprint density at radius 2 is 1.69 bits per heavy atom. The summed E-state index contributed by atoms with van der Waals surface area (Å²) in [6.07, 6.45) is 3.43. The molecule has 0 bridgehead atoms. The molecule has 0 aliphatic rings. The van der Waals surface area contributed by atoms with Gasteiger partial charge < -0.3 is 19.9 Å². The molecule has 7 heteroatoms. The lowest BCUT2D eigenvalue weighted by Gasteiger charge is -2.12. The van der Waals surface area contributed by atoms with Crippen molar-refractivity contribution in [1.29, 1.82) is 0 Å². The van der Waals surface area contributed by atoms with Crippen LogP contribution < -0.4 is 5.32 Å². The third-order valence-electron chi connectivity index (χ3n) is 3.86. The van der Waals surface area contributed by atoms with Gasteiger partial charge in [0, 0.05) is 24.5 Å². The van der Waals surface area contributed by atoms with E-state index in [4.69, 9.17) is 9.47 Å². The molecule has 7 nitrogen and oxygen atoms in total. The van der Waals surface area contributed by atoms with Gasteiger partial charge in [0.25, 0.3) is 0 Å². The number of aliphatic hydroxyl groups is 1. The van der Waals surface area contributed by atoms with Crippen LogP contribution in [0.25, 0.3) is 0 Å². The summed E-state index contributed by atoms with van der Waals surface area (Å²) in [7, 11) is 0. The highest BCUT2D eigenvalue weighted by Crippen LogP contribution is 2.05. The predicted molar refractivity (Wildman–Crippen MR) is 98.3 cm³/mol. The molecule has 0 aliphatic heterocycles. The number of ether oxygens (including phenoxy) is 2. The lowest BCUT2D eigenvalue weighted by Crippen LogP contribution is -2.29. The number of nitrogens with one attached hydrogen (secondary N) is 1. The van der Waals surface area contributed by atoms with Crippen LogP contribution in [0.15, 0.2) is 12.2 Å². The van der Waals surface area contributed by atoms with Gasteiger partial charge in [-0.15, -0.1) is 0 Å². The van der Waals surface area contributed by atoms with E-state index in [1.165, 1.54) is 6.92 Å². The normalized spacial score (nSPS) is 12.8. The number of hydrogen-bond acceptors (Lipinski definition) is 6. The summed E-state index contributed by atoms with van der Waals surface area (Å²) in [6.45, 7) is 9.04.